The molecule has 4 rings (SSSR count). The van der Waals surface area contributed by atoms with Crippen molar-refractivity contribution in [2.24, 2.45) is 0 Å². The van der Waals surface area contributed by atoms with Crippen LogP contribution in [0.15, 0.2) is 108 Å². The minimum atomic E-state index is -0.452. The summed E-state index contributed by atoms with van der Waals surface area (Å²) in [6.45, 7) is 4.73. The average molecular weight is 528 g/mol. The van der Waals surface area contributed by atoms with Gasteiger partial charge in [0, 0.05) is 11.6 Å². The van der Waals surface area contributed by atoms with E-state index in [2.05, 4.69) is 11.9 Å². The fraction of sp³-hybridized carbons (Fsp3) is 0.161. The smallest absolute Gasteiger partial charge is 0.256 e. The van der Waals surface area contributed by atoms with Gasteiger partial charge < -0.3 is 20.9 Å². The Balaban J connectivity index is 1.35. The normalized spacial score (nSPS) is 11.6. The van der Waals surface area contributed by atoms with Crippen molar-refractivity contribution in [3.63, 3.8) is 0 Å². The number of carbonyl (C=O) groups excluding carboxylic acids is 1. The summed E-state index contributed by atoms with van der Waals surface area (Å²) < 4.78 is 20.3. The molecule has 0 saturated carbocycles. The fourth-order valence-electron chi connectivity index (χ4n) is 4.16. The van der Waals surface area contributed by atoms with E-state index in [-0.39, 0.29) is 28.7 Å². The Bertz CT molecular complexity index is 1480. The van der Waals surface area contributed by atoms with Gasteiger partial charge in [-0.3, -0.25) is 14.2 Å². The number of aliphatic hydroxyl groups excluding tert-OH is 1. The number of aromatic nitrogens is 1. The van der Waals surface area contributed by atoms with Crippen LogP contribution in [0.4, 0.5) is 10.2 Å². The minimum Gasteiger partial charge on any atom is -0.511 e. The molecule has 4 N–H and O–H groups in total. The SMILES string of the molecule is C=C(O)[C@H](Cc1ccccc1)NCCCOc1ccc(-n2c(N)c(C(=O)c3ccc(F)cc3)ccc2=O)cc1. The van der Waals surface area contributed by atoms with Gasteiger partial charge in [-0.15, -0.1) is 0 Å². The number of benzene rings is 3. The van der Waals surface area contributed by atoms with Crippen molar-refractivity contribution >= 4 is 11.6 Å². The summed E-state index contributed by atoms with van der Waals surface area (Å²) in [4.78, 5) is 25.5. The maximum Gasteiger partial charge on any atom is 0.256 e. The summed E-state index contributed by atoms with van der Waals surface area (Å²) in [6, 6.07) is 24.2. The molecule has 0 saturated heterocycles. The third kappa shape index (κ3) is 7.00. The van der Waals surface area contributed by atoms with E-state index >= 15 is 0 Å². The lowest BCUT2D eigenvalue weighted by Crippen LogP contribution is -2.34. The van der Waals surface area contributed by atoms with Crippen molar-refractivity contribution in [1.29, 1.82) is 0 Å². The third-order valence-corrected chi connectivity index (χ3v) is 6.24. The van der Waals surface area contributed by atoms with Crippen LogP contribution in [-0.2, 0) is 6.42 Å². The van der Waals surface area contributed by atoms with Crippen LogP contribution >= 0.6 is 0 Å². The quantitative estimate of drug-likeness (QED) is 0.138. The zero-order valence-electron chi connectivity index (χ0n) is 21.3. The van der Waals surface area contributed by atoms with E-state index in [1.807, 2.05) is 30.3 Å². The molecule has 1 aromatic heterocycles. The van der Waals surface area contributed by atoms with Crippen molar-refractivity contribution in [3.8, 4) is 11.4 Å². The summed E-state index contributed by atoms with van der Waals surface area (Å²) in [5, 5.41) is 13.2. The molecule has 7 nitrogen and oxygen atoms in total. The molecule has 0 spiro atoms. The first-order valence-electron chi connectivity index (χ1n) is 12.5. The van der Waals surface area contributed by atoms with E-state index in [0.717, 1.165) is 5.56 Å². The summed E-state index contributed by atoms with van der Waals surface area (Å²) >= 11 is 0. The molecule has 0 fully saturated rings. The van der Waals surface area contributed by atoms with Crippen LogP contribution in [-0.4, -0.2) is 34.7 Å². The Morgan fingerprint density at radius 1 is 1.00 bits per heavy atom. The summed E-state index contributed by atoms with van der Waals surface area (Å²) in [5.41, 5.74) is 7.83. The maximum atomic E-state index is 13.2. The third-order valence-electron chi connectivity index (χ3n) is 6.24. The van der Waals surface area contributed by atoms with Crippen molar-refractivity contribution in [2.45, 2.75) is 18.9 Å². The topological polar surface area (TPSA) is 107 Å². The van der Waals surface area contributed by atoms with E-state index in [1.54, 1.807) is 24.3 Å². The van der Waals surface area contributed by atoms with Crippen molar-refractivity contribution < 1.29 is 19.0 Å². The van der Waals surface area contributed by atoms with E-state index in [1.165, 1.54) is 41.0 Å². The first-order valence-corrected chi connectivity index (χ1v) is 12.5. The molecule has 4 aromatic rings. The lowest BCUT2D eigenvalue weighted by molar-refractivity contribution is 0.103. The number of nitrogen functional groups attached to an aromatic ring is 1. The van der Waals surface area contributed by atoms with Crippen LogP contribution in [0.2, 0.25) is 0 Å². The van der Waals surface area contributed by atoms with Gasteiger partial charge in [0.25, 0.3) is 5.56 Å². The van der Waals surface area contributed by atoms with Gasteiger partial charge in [0.15, 0.2) is 5.78 Å². The van der Waals surface area contributed by atoms with Gasteiger partial charge in [-0.05, 0) is 79.5 Å². The molecule has 0 aliphatic carbocycles. The predicted octanol–water partition coefficient (Wildman–Crippen LogP) is 4.83. The second-order valence-electron chi connectivity index (χ2n) is 9.03. The van der Waals surface area contributed by atoms with Gasteiger partial charge in [0.2, 0.25) is 0 Å². The number of nitrogens with one attached hydrogen (secondary N) is 1. The highest BCUT2D eigenvalue weighted by Gasteiger charge is 2.17. The number of nitrogens with two attached hydrogens (primary N) is 1. The number of halogens is 1. The highest BCUT2D eigenvalue weighted by Crippen LogP contribution is 2.21. The molecule has 0 radical (unpaired) electrons. The van der Waals surface area contributed by atoms with Crippen LogP contribution in [0.5, 0.6) is 5.75 Å². The molecule has 39 heavy (non-hydrogen) atoms. The number of hydrogen-bond acceptors (Lipinski definition) is 6. The first-order chi connectivity index (χ1) is 18.8. The molecule has 1 heterocycles. The second-order valence-corrected chi connectivity index (χ2v) is 9.03. The molecule has 0 aliphatic rings. The number of aliphatic hydroxyl groups is 1. The molecule has 0 unspecified atom stereocenters. The Kier molecular flexibility index (Phi) is 8.91. The summed E-state index contributed by atoms with van der Waals surface area (Å²) in [5.74, 6) is -0.173. The molecule has 0 amide bonds. The van der Waals surface area contributed by atoms with Crippen LogP contribution in [0.3, 0.4) is 0 Å². The lowest BCUT2D eigenvalue weighted by Gasteiger charge is -2.18. The molecule has 0 aliphatic heterocycles. The number of anilines is 1. The van der Waals surface area contributed by atoms with Crippen LogP contribution < -0.4 is 21.3 Å². The first kappa shape index (κ1) is 27.3. The zero-order valence-corrected chi connectivity index (χ0v) is 21.3. The van der Waals surface area contributed by atoms with Crippen LogP contribution in [0.25, 0.3) is 5.69 Å². The fourth-order valence-corrected chi connectivity index (χ4v) is 4.16. The predicted molar refractivity (Wildman–Crippen MR) is 150 cm³/mol. The standard InChI is InChI=1S/C31H30FN3O4/c1-21(36)28(20-22-6-3-2-4-7-22)34-18-5-19-39-26-14-12-25(13-15-26)35-29(37)17-16-27(31(35)33)30(38)23-8-10-24(32)11-9-23/h2-4,6-17,28,34,36H,1,5,18-20,33H2/t28-/m0/s1. The van der Waals surface area contributed by atoms with E-state index < -0.39 is 17.2 Å². The van der Waals surface area contributed by atoms with Crippen LogP contribution in [0, 0.1) is 5.82 Å². The van der Waals surface area contributed by atoms with Gasteiger partial charge in [0.1, 0.15) is 23.1 Å². The lowest BCUT2D eigenvalue weighted by atomic mass is 10.0. The Labute approximate surface area is 226 Å². The van der Waals surface area contributed by atoms with Gasteiger partial charge in [0.05, 0.1) is 23.9 Å². The largest absolute Gasteiger partial charge is 0.511 e. The number of pyridine rings is 1. The highest BCUT2D eigenvalue weighted by atomic mass is 19.1. The minimum absolute atomic E-state index is 0.00732. The molecule has 8 heteroatoms. The average Bonchev–Trinajstić information content (AvgIpc) is 2.93. The Hall–Kier alpha value is -4.69. The number of hydrogen-bond donors (Lipinski definition) is 3. The summed E-state index contributed by atoms with van der Waals surface area (Å²) in [7, 11) is 0. The molecular weight excluding hydrogens is 497 g/mol. The number of ketones is 1. The highest BCUT2D eigenvalue weighted by molar-refractivity contribution is 6.11. The van der Waals surface area contributed by atoms with Crippen molar-refractivity contribution in [1.82, 2.24) is 9.88 Å². The number of rotatable bonds is 12. The number of nitrogens with zero attached hydrogens (tertiary/aromatic N) is 1. The van der Waals surface area contributed by atoms with Crippen molar-refractivity contribution in [3.05, 3.63) is 136 Å². The van der Waals surface area contributed by atoms with Gasteiger partial charge in [-0.25, -0.2) is 4.39 Å². The van der Waals surface area contributed by atoms with Gasteiger partial charge >= 0.3 is 0 Å². The zero-order chi connectivity index (χ0) is 27.8. The Morgan fingerprint density at radius 3 is 2.36 bits per heavy atom. The molecular formula is C31H30FN3O4. The second kappa shape index (κ2) is 12.7. The molecule has 3 aromatic carbocycles. The Morgan fingerprint density at radius 2 is 1.69 bits per heavy atom. The molecule has 200 valence electrons. The maximum absolute atomic E-state index is 13.2. The van der Waals surface area contributed by atoms with E-state index in [0.29, 0.717) is 37.4 Å². The molecule has 1 atom stereocenters. The van der Waals surface area contributed by atoms with Crippen LogP contribution in [0.1, 0.15) is 27.9 Å². The molecule has 0 bridgehead atoms. The summed E-state index contributed by atoms with van der Waals surface area (Å²) in [6.07, 6.45) is 1.33. The van der Waals surface area contributed by atoms with Crippen molar-refractivity contribution in [2.75, 3.05) is 18.9 Å². The van der Waals surface area contributed by atoms with Gasteiger partial charge in [-0.1, -0.05) is 36.9 Å². The monoisotopic (exact) mass is 527 g/mol. The van der Waals surface area contributed by atoms with Gasteiger partial charge in [-0.2, -0.15) is 0 Å². The van der Waals surface area contributed by atoms with E-state index in [4.69, 9.17) is 10.5 Å². The number of carbonyl (C=O) groups is 1. The number of ether oxygens (including phenoxy) is 1. The van der Waals surface area contributed by atoms with E-state index in [9.17, 15) is 19.1 Å².